The Kier molecular flexibility index (Phi) is 4.97. The van der Waals surface area contributed by atoms with Gasteiger partial charge >= 0.3 is 0 Å². The van der Waals surface area contributed by atoms with E-state index < -0.39 is 5.82 Å². The van der Waals surface area contributed by atoms with Crippen molar-refractivity contribution in [2.45, 2.75) is 13.5 Å². The summed E-state index contributed by atoms with van der Waals surface area (Å²) in [6.45, 7) is 2.30. The molecule has 0 spiro atoms. The van der Waals surface area contributed by atoms with Crippen molar-refractivity contribution in [3.63, 3.8) is 0 Å². The van der Waals surface area contributed by atoms with Gasteiger partial charge in [-0.25, -0.2) is 8.78 Å². The summed E-state index contributed by atoms with van der Waals surface area (Å²) in [7, 11) is 0. The average molecular weight is 384 g/mol. The van der Waals surface area contributed by atoms with Crippen LogP contribution >= 0.6 is 0 Å². The summed E-state index contributed by atoms with van der Waals surface area (Å²) in [4.78, 5) is 0. The van der Waals surface area contributed by atoms with E-state index in [9.17, 15) is 14.0 Å². The van der Waals surface area contributed by atoms with Gasteiger partial charge in [-0.2, -0.15) is 5.26 Å². The van der Waals surface area contributed by atoms with Crippen LogP contribution in [0.15, 0.2) is 72.8 Å². The number of hydrogen-bond acceptors (Lipinski definition) is 1. The van der Waals surface area contributed by atoms with Crippen molar-refractivity contribution in [2.75, 3.05) is 0 Å². The molecule has 29 heavy (non-hydrogen) atoms. The average Bonchev–Trinajstić information content (AvgIpc) is 3.00. The molecule has 0 aliphatic rings. The number of hydrogen-bond donors (Lipinski definition) is 0. The predicted molar refractivity (Wildman–Crippen MR) is 112 cm³/mol. The number of allylic oxidation sites excluding steroid dienone is 1. The molecule has 0 saturated heterocycles. The van der Waals surface area contributed by atoms with Gasteiger partial charge in [-0.15, -0.1) is 0 Å². The molecular formula is C25H18F2N2. The summed E-state index contributed by atoms with van der Waals surface area (Å²) >= 11 is 0. The van der Waals surface area contributed by atoms with E-state index >= 15 is 0 Å². The lowest BCUT2D eigenvalue weighted by Gasteiger charge is -2.09. The lowest BCUT2D eigenvalue weighted by atomic mass is 10.0. The zero-order valence-corrected chi connectivity index (χ0v) is 15.9. The summed E-state index contributed by atoms with van der Waals surface area (Å²) < 4.78 is 30.5. The molecule has 3 aromatic carbocycles. The Morgan fingerprint density at radius 1 is 0.931 bits per heavy atom. The van der Waals surface area contributed by atoms with Crippen LogP contribution < -0.4 is 0 Å². The van der Waals surface area contributed by atoms with E-state index in [1.165, 1.54) is 12.1 Å². The van der Waals surface area contributed by atoms with Gasteiger partial charge in [-0.05, 0) is 31.2 Å². The van der Waals surface area contributed by atoms with Crippen LogP contribution in [0.1, 0.15) is 22.4 Å². The van der Waals surface area contributed by atoms with Gasteiger partial charge in [0.25, 0.3) is 0 Å². The molecule has 4 heteroatoms. The molecule has 0 unspecified atom stereocenters. The van der Waals surface area contributed by atoms with Crippen LogP contribution in [-0.2, 0) is 6.54 Å². The Hall–Kier alpha value is -3.71. The Morgan fingerprint density at radius 2 is 1.59 bits per heavy atom. The van der Waals surface area contributed by atoms with Crippen LogP contribution in [-0.4, -0.2) is 4.57 Å². The first-order valence-corrected chi connectivity index (χ1v) is 9.28. The number of para-hydroxylation sites is 1. The monoisotopic (exact) mass is 384 g/mol. The maximum absolute atomic E-state index is 14.2. The number of benzene rings is 3. The third kappa shape index (κ3) is 3.43. The predicted octanol–water partition coefficient (Wildman–Crippen LogP) is 6.34. The normalized spacial score (nSPS) is 11.6. The van der Waals surface area contributed by atoms with Crippen LogP contribution in [0.5, 0.6) is 0 Å². The van der Waals surface area contributed by atoms with Crippen LogP contribution in [0.25, 0.3) is 22.6 Å². The highest BCUT2D eigenvalue weighted by Gasteiger charge is 2.16. The number of fused-ring (bicyclic) bond motifs is 1. The molecule has 0 amide bonds. The third-order valence-electron chi connectivity index (χ3n) is 5.14. The summed E-state index contributed by atoms with van der Waals surface area (Å²) in [6, 6.07) is 22.8. The Labute approximate surface area is 168 Å². The largest absolute Gasteiger partial charge is 0.340 e. The van der Waals surface area contributed by atoms with E-state index in [1.807, 2.05) is 41.8 Å². The maximum atomic E-state index is 14.2. The molecule has 1 aromatic heterocycles. The molecule has 142 valence electrons. The number of rotatable bonds is 4. The van der Waals surface area contributed by atoms with E-state index in [2.05, 4.69) is 6.07 Å². The maximum Gasteiger partial charge on any atom is 0.131 e. The molecule has 0 saturated carbocycles. The minimum Gasteiger partial charge on any atom is -0.340 e. The lowest BCUT2D eigenvalue weighted by molar-refractivity contribution is 0.600. The minimum absolute atomic E-state index is 0.250. The van der Waals surface area contributed by atoms with Crippen molar-refractivity contribution in [2.24, 2.45) is 0 Å². The van der Waals surface area contributed by atoms with E-state index in [0.29, 0.717) is 12.1 Å². The summed E-state index contributed by atoms with van der Waals surface area (Å²) in [6.07, 6.45) is 1.72. The van der Waals surface area contributed by atoms with Gasteiger partial charge in [0, 0.05) is 33.3 Å². The fourth-order valence-corrected chi connectivity index (χ4v) is 3.63. The van der Waals surface area contributed by atoms with Crippen LogP contribution in [0.2, 0.25) is 0 Å². The van der Waals surface area contributed by atoms with Gasteiger partial charge in [0.15, 0.2) is 0 Å². The quantitative estimate of drug-likeness (QED) is 0.377. The van der Waals surface area contributed by atoms with E-state index in [4.69, 9.17) is 0 Å². The van der Waals surface area contributed by atoms with Gasteiger partial charge in [-0.3, -0.25) is 0 Å². The van der Waals surface area contributed by atoms with E-state index in [0.717, 1.165) is 22.2 Å². The molecule has 4 rings (SSSR count). The van der Waals surface area contributed by atoms with Gasteiger partial charge in [0.1, 0.15) is 11.6 Å². The molecule has 0 radical (unpaired) electrons. The van der Waals surface area contributed by atoms with Gasteiger partial charge in [-0.1, -0.05) is 54.6 Å². The molecule has 0 N–H and O–H groups in total. The van der Waals surface area contributed by atoms with Crippen molar-refractivity contribution >= 4 is 22.6 Å². The highest BCUT2D eigenvalue weighted by atomic mass is 19.1. The Balaban J connectivity index is 1.90. The van der Waals surface area contributed by atoms with Crippen molar-refractivity contribution in [1.29, 1.82) is 5.26 Å². The second kappa shape index (κ2) is 7.73. The highest BCUT2D eigenvalue weighted by molar-refractivity contribution is 5.99. The number of halogens is 2. The van der Waals surface area contributed by atoms with Crippen molar-refractivity contribution in [3.05, 3.63) is 107 Å². The van der Waals surface area contributed by atoms with E-state index in [1.54, 1.807) is 36.4 Å². The van der Waals surface area contributed by atoms with Crippen molar-refractivity contribution in [1.82, 2.24) is 4.57 Å². The minimum atomic E-state index is -0.437. The fourth-order valence-electron chi connectivity index (χ4n) is 3.63. The molecular weight excluding hydrogens is 366 g/mol. The van der Waals surface area contributed by atoms with Crippen LogP contribution in [0, 0.1) is 29.9 Å². The van der Waals surface area contributed by atoms with Gasteiger partial charge in [0.05, 0.1) is 18.2 Å². The summed E-state index contributed by atoms with van der Waals surface area (Å²) in [5.41, 5.74) is 3.75. The SMILES string of the molecule is Cc1c(C=C(C#N)c2ccccc2F)c2ccccc2n1Cc1ccccc1F. The summed E-state index contributed by atoms with van der Waals surface area (Å²) in [5.74, 6) is -0.695. The number of nitrogens with zero attached hydrogens (tertiary/aromatic N) is 2. The zero-order valence-electron chi connectivity index (χ0n) is 15.9. The first-order valence-electron chi connectivity index (χ1n) is 9.28. The molecule has 4 aromatic rings. The number of nitriles is 1. The molecule has 0 atom stereocenters. The fraction of sp³-hybridized carbons (Fsp3) is 0.0800. The molecule has 0 aliphatic carbocycles. The first kappa shape index (κ1) is 18.6. The van der Waals surface area contributed by atoms with Crippen molar-refractivity contribution in [3.8, 4) is 6.07 Å². The van der Waals surface area contributed by atoms with Gasteiger partial charge < -0.3 is 4.57 Å². The smallest absolute Gasteiger partial charge is 0.131 e. The Morgan fingerprint density at radius 3 is 2.31 bits per heavy atom. The highest BCUT2D eigenvalue weighted by Crippen LogP contribution is 2.31. The molecule has 0 fully saturated rings. The second-order valence-electron chi connectivity index (χ2n) is 6.84. The van der Waals surface area contributed by atoms with Crippen LogP contribution in [0.3, 0.4) is 0 Å². The third-order valence-corrected chi connectivity index (χ3v) is 5.14. The first-order chi connectivity index (χ1) is 14.1. The molecule has 2 nitrogen and oxygen atoms in total. The second-order valence-corrected chi connectivity index (χ2v) is 6.84. The van der Waals surface area contributed by atoms with Crippen LogP contribution in [0.4, 0.5) is 8.78 Å². The van der Waals surface area contributed by atoms with E-state index in [-0.39, 0.29) is 17.0 Å². The summed E-state index contributed by atoms with van der Waals surface area (Å²) in [5, 5.41) is 10.6. The molecule has 0 bridgehead atoms. The molecule has 1 heterocycles. The zero-order chi connectivity index (χ0) is 20.4. The lowest BCUT2D eigenvalue weighted by Crippen LogP contribution is -2.03. The Bertz CT molecular complexity index is 1280. The molecule has 0 aliphatic heterocycles. The number of aromatic nitrogens is 1. The topological polar surface area (TPSA) is 28.7 Å². The van der Waals surface area contributed by atoms with Crippen molar-refractivity contribution < 1.29 is 8.78 Å². The standard InChI is InChI=1S/C25H18F2N2/c1-17-22(14-19(15-28)20-9-3-6-12-24(20)27)21-10-4-7-13-25(21)29(17)16-18-8-2-5-11-23(18)26/h2-14H,16H2,1H3. The van der Waals surface area contributed by atoms with Gasteiger partial charge in [0.2, 0.25) is 0 Å².